The molecule has 2 N–H and O–H groups in total. The highest BCUT2D eigenvalue weighted by atomic mass is 32.2. The van der Waals surface area contributed by atoms with E-state index in [4.69, 9.17) is 5.11 Å². The summed E-state index contributed by atoms with van der Waals surface area (Å²) in [6, 6.07) is 5.29. The molecule has 0 heterocycles. The van der Waals surface area contributed by atoms with Crippen molar-refractivity contribution in [1.82, 2.24) is 5.32 Å². The molecule has 0 aliphatic carbocycles. The third kappa shape index (κ3) is 4.80. The first-order chi connectivity index (χ1) is 9.60. The van der Waals surface area contributed by atoms with Gasteiger partial charge in [0.15, 0.2) is 0 Å². The van der Waals surface area contributed by atoms with E-state index in [0.29, 0.717) is 23.6 Å². The van der Waals surface area contributed by atoms with Crippen molar-refractivity contribution in [1.29, 1.82) is 0 Å². The summed E-state index contributed by atoms with van der Waals surface area (Å²) < 4.78 is 11.3. The zero-order chi connectivity index (χ0) is 15.0. The van der Waals surface area contributed by atoms with Crippen LogP contribution in [0.5, 0.6) is 0 Å². The predicted molar refractivity (Wildman–Crippen MR) is 81.0 cm³/mol. The van der Waals surface area contributed by atoms with E-state index in [-0.39, 0.29) is 12.5 Å². The summed E-state index contributed by atoms with van der Waals surface area (Å²) >= 11 is 0. The van der Waals surface area contributed by atoms with Crippen molar-refractivity contribution in [3.8, 4) is 11.8 Å². The van der Waals surface area contributed by atoms with Crippen LogP contribution in [0, 0.1) is 18.8 Å². The average molecular weight is 293 g/mol. The van der Waals surface area contributed by atoms with Gasteiger partial charge in [0, 0.05) is 40.0 Å². The Morgan fingerprint density at radius 1 is 1.45 bits per heavy atom. The maximum absolute atomic E-state index is 12.1. The van der Waals surface area contributed by atoms with Gasteiger partial charge in [0.2, 0.25) is 0 Å². The Bertz CT molecular complexity index is 558. The van der Waals surface area contributed by atoms with Crippen molar-refractivity contribution < 1.29 is 14.1 Å². The lowest BCUT2D eigenvalue weighted by atomic mass is 10.0. The van der Waals surface area contributed by atoms with E-state index in [1.165, 1.54) is 0 Å². The second kappa shape index (κ2) is 8.51. The Morgan fingerprint density at radius 2 is 2.20 bits per heavy atom. The molecule has 0 radical (unpaired) electrons. The molecule has 0 saturated carbocycles. The summed E-state index contributed by atoms with van der Waals surface area (Å²) in [7, 11) is -0.879. The highest BCUT2D eigenvalue weighted by Crippen LogP contribution is 2.12. The van der Waals surface area contributed by atoms with Gasteiger partial charge in [0.1, 0.15) is 6.61 Å². The highest BCUT2D eigenvalue weighted by Gasteiger charge is 2.10. The Kier molecular flexibility index (Phi) is 6.99. The molecule has 20 heavy (non-hydrogen) atoms. The number of aliphatic hydroxyl groups excluding tert-OH is 1. The fourth-order valence-corrected chi connectivity index (χ4v) is 2.29. The van der Waals surface area contributed by atoms with Crippen LogP contribution >= 0.6 is 0 Å². The van der Waals surface area contributed by atoms with E-state index in [9.17, 15) is 9.00 Å². The molecule has 0 bridgehead atoms. The van der Waals surface area contributed by atoms with Crippen LogP contribution in [0.15, 0.2) is 18.2 Å². The monoisotopic (exact) mass is 293 g/mol. The highest BCUT2D eigenvalue weighted by molar-refractivity contribution is 7.84. The Labute approximate surface area is 122 Å². The van der Waals surface area contributed by atoms with E-state index >= 15 is 0 Å². The van der Waals surface area contributed by atoms with Crippen LogP contribution in [-0.4, -0.2) is 39.9 Å². The number of aliphatic hydroxyl groups is 1. The van der Waals surface area contributed by atoms with Gasteiger partial charge >= 0.3 is 0 Å². The molecular weight excluding hydrogens is 274 g/mol. The van der Waals surface area contributed by atoms with Gasteiger partial charge in [-0.1, -0.05) is 24.8 Å². The zero-order valence-corrected chi connectivity index (χ0v) is 12.5. The lowest BCUT2D eigenvalue weighted by Crippen LogP contribution is -2.28. The summed E-state index contributed by atoms with van der Waals surface area (Å²) in [6.07, 6.45) is 0. The second-order valence-corrected chi connectivity index (χ2v) is 5.99. The van der Waals surface area contributed by atoms with Crippen LogP contribution in [0.4, 0.5) is 0 Å². The summed E-state index contributed by atoms with van der Waals surface area (Å²) in [5, 5.41) is 11.5. The third-order valence-corrected chi connectivity index (χ3v) is 4.12. The minimum Gasteiger partial charge on any atom is -0.384 e. The summed E-state index contributed by atoms with van der Waals surface area (Å²) in [5.74, 6) is 6.25. The van der Waals surface area contributed by atoms with E-state index < -0.39 is 10.8 Å². The number of nitrogens with one attached hydrogen (secondary N) is 1. The van der Waals surface area contributed by atoms with Crippen LogP contribution in [0.3, 0.4) is 0 Å². The van der Waals surface area contributed by atoms with Crippen molar-refractivity contribution >= 4 is 16.7 Å². The second-order valence-electron chi connectivity index (χ2n) is 4.13. The quantitative estimate of drug-likeness (QED) is 0.791. The fourth-order valence-electron chi connectivity index (χ4n) is 1.67. The first-order valence-corrected chi connectivity index (χ1v) is 7.91. The summed E-state index contributed by atoms with van der Waals surface area (Å²) in [5.41, 5.74) is 2.06. The Morgan fingerprint density at radius 3 is 2.85 bits per heavy atom. The summed E-state index contributed by atoms with van der Waals surface area (Å²) in [6.45, 7) is 3.86. The van der Waals surface area contributed by atoms with Crippen LogP contribution in [-0.2, 0) is 10.8 Å². The van der Waals surface area contributed by atoms with Gasteiger partial charge in [0.05, 0.1) is 0 Å². The van der Waals surface area contributed by atoms with Gasteiger partial charge < -0.3 is 10.4 Å². The van der Waals surface area contributed by atoms with Crippen LogP contribution < -0.4 is 5.32 Å². The maximum atomic E-state index is 12.1. The van der Waals surface area contributed by atoms with Gasteiger partial charge in [-0.25, -0.2) is 0 Å². The zero-order valence-electron chi connectivity index (χ0n) is 11.7. The molecule has 5 heteroatoms. The fraction of sp³-hybridized carbons (Fsp3) is 0.400. The minimum absolute atomic E-state index is 0.191. The largest absolute Gasteiger partial charge is 0.384 e. The normalized spacial score (nSPS) is 11.3. The van der Waals surface area contributed by atoms with E-state index in [1.807, 2.05) is 13.8 Å². The third-order valence-electron chi connectivity index (χ3n) is 2.82. The number of carbonyl (C=O) groups is 1. The molecule has 1 aromatic carbocycles. The van der Waals surface area contributed by atoms with Gasteiger partial charge in [-0.2, -0.15) is 0 Å². The molecule has 0 aliphatic heterocycles. The van der Waals surface area contributed by atoms with Crippen LogP contribution in [0.2, 0.25) is 0 Å². The van der Waals surface area contributed by atoms with Crippen LogP contribution in [0.1, 0.15) is 28.4 Å². The number of hydrogen-bond donors (Lipinski definition) is 2. The molecule has 0 spiro atoms. The van der Waals surface area contributed by atoms with E-state index in [1.54, 1.807) is 18.2 Å². The van der Waals surface area contributed by atoms with Crippen molar-refractivity contribution in [2.75, 3.05) is 24.7 Å². The number of rotatable bonds is 5. The van der Waals surface area contributed by atoms with Crippen molar-refractivity contribution in [3.63, 3.8) is 0 Å². The number of amides is 1. The Hall–Kier alpha value is -1.64. The molecule has 0 aromatic heterocycles. The molecule has 1 aromatic rings. The number of hydrogen-bond acceptors (Lipinski definition) is 3. The van der Waals surface area contributed by atoms with Gasteiger partial charge in [-0.15, -0.1) is 0 Å². The van der Waals surface area contributed by atoms with Crippen molar-refractivity contribution in [2.24, 2.45) is 0 Å². The lowest BCUT2D eigenvalue weighted by Gasteiger charge is -2.08. The van der Waals surface area contributed by atoms with Gasteiger partial charge in [-0.05, 0) is 24.6 Å². The van der Waals surface area contributed by atoms with Gasteiger partial charge in [0.25, 0.3) is 5.91 Å². The molecule has 0 saturated heterocycles. The molecule has 108 valence electrons. The molecular formula is C15H19NO3S. The smallest absolute Gasteiger partial charge is 0.251 e. The lowest BCUT2D eigenvalue weighted by molar-refractivity contribution is 0.0955. The topological polar surface area (TPSA) is 66.4 Å². The Balaban J connectivity index is 2.76. The molecule has 4 nitrogen and oxygen atoms in total. The predicted octanol–water partition coefficient (Wildman–Crippen LogP) is 0.837. The van der Waals surface area contributed by atoms with E-state index in [2.05, 4.69) is 17.2 Å². The first kappa shape index (κ1) is 16.4. The van der Waals surface area contributed by atoms with Crippen molar-refractivity contribution in [3.05, 3.63) is 34.9 Å². The SMILES string of the molecule is CCS(=O)CCNC(=O)c1cccc(C#CCO)c1C. The first-order valence-electron chi connectivity index (χ1n) is 6.42. The molecule has 1 rings (SSSR count). The molecule has 0 fully saturated rings. The standard InChI is InChI=1S/C15H19NO3S/c1-3-20(19)11-9-16-15(18)14-8-4-6-13(12(14)2)7-5-10-17/h4,6,8,17H,3,9-11H2,1-2H3,(H,16,18). The van der Waals surface area contributed by atoms with E-state index in [0.717, 1.165) is 11.1 Å². The van der Waals surface area contributed by atoms with Crippen molar-refractivity contribution in [2.45, 2.75) is 13.8 Å². The summed E-state index contributed by atoms with van der Waals surface area (Å²) in [4.78, 5) is 12.1. The van der Waals surface area contributed by atoms with Gasteiger partial charge in [-0.3, -0.25) is 9.00 Å². The molecule has 0 aliphatic rings. The molecule has 1 unspecified atom stereocenters. The number of benzene rings is 1. The van der Waals surface area contributed by atoms with Crippen LogP contribution in [0.25, 0.3) is 0 Å². The molecule has 1 atom stereocenters. The maximum Gasteiger partial charge on any atom is 0.251 e. The minimum atomic E-state index is -0.879. The average Bonchev–Trinajstić information content (AvgIpc) is 2.45. The molecule has 1 amide bonds. The number of carbonyl (C=O) groups excluding carboxylic acids is 1.